The molecule has 0 rings (SSSR count). The van der Waals surface area contributed by atoms with Gasteiger partial charge >= 0.3 is 12.1 Å². The Hall–Kier alpha value is -1.64. The summed E-state index contributed by atoms with van der Waals surface area (Å²) in [7, 11) is 0. The fraction of sp³-hybridized carbons (Fsp3) is 0.750. The summed E-state index contributed by atoms with van der Waals surface area (Å²) in [6.45, 7) is 0.455. The van der Waals surface area contributed by atoms with Crippen molar-refractivity contribution in [1.82, 2.24) is 5.32 Å². The molecule has 0 aliphatic heterocycles. The number of carboxylic acids is 1. The van der Waals surface area contributed by atoms with Crippen LogP contribution in [-0.2, 0) is 9.53 Å². The molecule has 0 fully saturated rings. The Kier molecular flexibility index (Phi) is 9.55. The van der Waals surface area contributed by atoms with Gasteiger partial charge in [0.1, 0.15) is 6.04 Å². The van der Waals surface area contributed by atoms with Crippen LogP contribution in [0.4, 0.5) is 4.79 Å². The van der Waals surface area contributed by atoms with E-state index in [1.165, 1.54) is 11.8 Å². The van der Waals surface area contributed by atoms with E-state index in [1.807, 2.05) is 0 Å². The second kappa shape index (κ2) is 10.5. The SMILES string of the molecule is [N-]=[N+]=NCCOC(=O)NCCSC[C@@H](N)C(=O)O. The third kappa shape index (κ3) is 9.58. The average Bonchev–Trinajstić information content (AvgIpc) is 2.33. The monoisotopic (exact) mass is 277 g/mol. The molecule has 0 aromatic carbocycles. The number of alkyl carbamates (subject to hydrolysis) is 1. The molecule has 0 aromatic heterocycles. The number of nitrogens with one attached hydrogen (secondary N) is 1. The number of hydrogen-bond acceptors (Lipinski definition) is 6. The number of ether oxygens (including phenoxy) is 1. The quantitative estimate of drug-likeness (QED) is 0.236. The number of hydrogen-bond donors (Lipinski definition) is 3. The van der Waals surface area contributed by atoms with E-state index in [0.717, 1.165) is 0 Å². The van der Waals surface area contributed by atoms with Gasteiger partial charge in [0, 0.05) is 23.0 Å². The lowest BCUT2D eigenvalue weighted by atomic mass is 10.4. The molecule has 4 N–H and O–H groups in total. The van der Waals surface area contributed by atoms with Gasteiger partial charge in [0.05, 0.1) is 13.2 Å². The minimum Gasteiger partial charge on any atom is -0.480 e. The average molecular weight is 277 g/mol. The summed E-state index contributed by atoms with van der Waals surface area (Å²) < 4.78 is 4.67. The number of azide groups is 1. The second-order valence-corrected chi connectivity index (χ2v) is 4.19. The van der Waals surface area contributed by atoms with Crippen molar-refractivity contribution in [2.45, 2.75) is 6.04 Å². The van der Waals surface area contributed by atoms with Crippen LogP contribution < -0.4 is 11.1 Å². The highest BCUT2D eigenvalue weighted by Crippen LogP contribution is 2.00. The number of nitrogens with two attached hydrogens (primary N) is 1. The van der Waals surface area contributed by atoms with Crippen LogP contribution in [0, 0.1) is 0 Å². The first-order valence-corrected chi connectivity index (χ1v) is 6.21. The van der Waals surface area contributed by atoms with Crippen molar-refractivity contribution in [3.05, 3.63) is 10.4 Å². The van der Waals surface area contributed by atoms with Gasteiger partial charge in [0.2, 0.25) is 0 Å². The van der Waals surface area contributed by atoms with Crippen LogP contribution in [0.2, 0.25) is 0 Å². The van der Waals surface area contributed by atoms with Gasteiger partial charge in [-0.2, -0.15) is 11.8 Å². The first-order valence-electron chi connectivity index (χ1n) is 5.05. The van der Waals surface area contributed by atoms with E-state index < -0.39 is 18.1 Å². The van der Waals surface area contributed by atoms with Gasteiger partial charge in [-0.25, -0.2) is 4.79 Å². The van der Waals surface area contributed by atoms with Crippen LogP contribution >= 0.6 is 11.8 Å². The summed E-state index contributed by atoms with van der Waals surface area (Å²) in [5, 5.41) is 14.2. The zero-order valence-corrected chi connectivity index (χ0v) is 10.4. The lowest BCUT2D eigenvalue weighted by Crippen LogP contribution is -2.33. The Morgan fingerprint density at radius 2 is 2.33 bits per heavy atom. The lowest BCUT2D eigenvalue weighted by Gasteiger charge is -2.07. The number of rotatable bonds is 9. The molecule has 18 heavy (non-hydrogen) atoms. The number of carboxylic acid groups (broad SMARTS) is 1. The van der Waals surface area contributed by atoms with Gasteiger partial charge in [-0.15, -0.1) is 0 Å². The van der Waals surface area contributed by atoms with Crippen molar-refractivity contribution in [3.8, 4) is 0 Å². The molecule has 0 saturated heterocycles. The highest BCUT2D eigenvalue weighted by molar-refractivity contribution is 7.99. The summed E-state index contributed by atoms with van der Waals surface area (Å²) in [6.07, 6.45) is -0.605. The molecule has 0 heterocycles. The molecule has 9 nitrogen and oxygen atoms in total. The minimum absolute atomic E-state index is 0.0208. The fourth-order valence-electron chi connectivity index (χ4n) is 0.782. The summed E-state index contributed by atoms with van der Waals surface area (Å²) in [5.74, 6) is -0.233. The molecule has 0 aromatic rings. The van der Waals surface area contributed by atoms with Crippen LogP contribution in [0.5, 0.6) is 0 Å². The third-order valence-corrected chi connectivity index (χ3v) is 2.71. The highest BCUT2D eigenvalue weighted by atomic mass is 32.2. The lowest BCUT2D eigenvalue weighted by molar-refractivity contribution is -0.137. The predicted molar refractivity (Wildman–Crippen MR) is 66.3 cm³/mol. The van der Waals surface area contributed by atoms with Crippen LogP contribution in [0.15, 0.2) is 5.11 Å². The maximum absolute atomic E-state index is 11.0. The van der Waals surface area contributed by atoms with E-state index in [4.69, 9.17) is 16.4 Å². The number of amides is 1. The Morgan fingerprint density at radius 1 is 1.61 bits per heavy atom. The van der Waals surface area contributed by atoms with Crippen molar-refractivity contribution in [3.63, 3.8) is 0 Å². The topological polar surface area (TPSA) is 150 Å². The van der Waals surface area contributed by atoms with Crippen LogP contribution in [0.1, 0.15) is 0 Å². The molecule has 10 heteroatoms. The van der Waals surface area contributed by atoms with E-state index in [1.54, 1.807) is 0 Å². The van der Waals surface area contributed by atoms with Crippen LogP contribution in [0.25, 0.3) is 10.4 Å². The number of carbonyl (C=O) groups is 2. The van der Waals surface area contributed by atoms with Crippen molar-refractivity contribution >= 4 is 23.8 Å². The van der Waals surface area contributed by atoms with Crippen LogP contribution in [-0.4, -0.2) is 54.4 Å². The maximum atomic E-state index is 11.0. The standard InChI is InChI=1S/C8H15N5O4S/c9-6(7(14)15)5-18-4-2-11-8(16)17-3-1-12-13-10/h6H,1-5,9H2,(H,11,16)(H,14,15)/t6-/m1/s1. The van der Waals surface area contributed by atoms with Gasteiger partial charge in [0.15, 0.2) is 0 Å². The highest BCUT2D eigenvalue weighted by Gasteiger charge is 2.10. The maximum Gasteiger partial charge on any atom is 0.407 e. The van der Waals surface area contributed by atoms with Gasteiger partial charge in [0.25, 0.3) is 0 Å². The molecule has 0 unspecified atom stereocenters. The molecule has 1 atom stereocenters. The van der Waals surface area contributed by atoms with Crippen molar-refractivity contribution in [2.24, 2.45) is 10.8 Å². The smallest absolute Gasteiger partial charge is 0.407 e. The molecule has 102 valence electrons. The van der Waals surface area contributed by atoms with Crippen LogP contribution in [0.3, 0.4) is 0 Å². The summed E-state index contributed by atoms with van der Waals surface area (Å²) >= 11 is 1.32. The number of nitrogens with zero attached hydrogens (tertiary/aromatic N) is 3. The molecule has 1 amide bonds. The molecule has 0 bridgehead atoms. The first-order chi connectivity index (χ1) is 8.57. The van der Waals surface area contributed by atoms with E-state index in [2.05, 4.69) is 20.1 Å². The molecule has 0 aliphatic rings. The van der Waals surface area contributed by atoms with Crippen molar-refractivity contribution in [2.75, 3.05) is 31.2 Å². The van der Waals surface area contributed by atoms with Gasteiger partial charge < -0.3 is 20.9 Å². The summed E-state index contributed by atoms with van der Waals surface area (Å²) in [5.41, 5.74) is 13.2. The Morgan fingerprint density at radius 3 is 2.94 bits per heavy atom. The number of aliphatic carboxylic acids is 1. The molecular weight excluding hydrogens is 262 g/mol. The first kappa shape index (κ1) is 16.4. The second-order valence-electron chi connectivity index (χ2n) is 3.04. The van der Waals surface area contributed by atoms with Gasteiger partial charge in [-0.1, -0.05) is 5.11 Å². The van der Waals surface area contributed by atoms with E-state index >= 15 is 0 Å². The Balaban J connectivity index is 3.40. The molecule has 0 radical (unpaired) electrons. The summed E-state index contributed by atoms with van der Waals surface area (Å²) in [4.78, 5) is 23.9. The largest absolute Gasteiger partial charge is 0.480 e. The minimum atomic E-state index is -1.05. The zero-order chi connectivity index (χ0) is 13.8. The molecular formula is C8H15N5O4S. The zero-order valence-electron chi connectivity index (χ0n) is 9.61. The van der Waals surface area contributed by atoms with Crippen molar-refractivity contribution < 1.29 is 19.4 Å². The van der Waals surface area contributed by atoms with E-state index in [-0.39, 0.29) is 18.9 Å². The number of thioether (sulfide) groups is 1. The van der Waals surface area contributed by atoms with E-state index in [0.29, 0.717) is 12.3 Å². The third-order valence-electron chi connectivity index (χ3n) is 1.62. The normalized spacial score (nSPS) is 11.2. The van der Waals surface area contributed by atoms with E-state index in [9.17, 15) is 9.59 Å². The fourth-order valence-corrected chi connectivity index (χ4v) is 1.59. The molecule has 0 spiro atoms. The Bertz CT molecular complexity index is 321. The van der Waals surface area contributed by atoms with Gasteiger partial charge in [-0.3, -0.25) is 4.79 Å². The van der Waals surface area contributed by atoms with Gasteiger partial charge in [-0.05, 0) is 5.53 Å². The predicted octanol–water partition coefficient (Wildman–Crippen LogP) is 0.168. The van der Waals surface area contributed by atoms with Crippen molar-refractivity contribution in [1.29, 1.82) is 0 Å². The number of carbonyl (C=O) groups excluding carboxylic acids is 1. The Labute approximate surface area is 108 Å². The molecule has 0 saturated carbocycles. The molecule has 0 aliphatic carbocycles. The summed E-state index contributed by atoms with van der Waals surface area (Å²) in [6, 6.07) is -0.897.